The van der Waals surface area contributed by atoms with Crippen molar-refractivity contribution in [3.8, 4) is 0 Å². The number of fused-ring (bicyclic) bond motifs is 1. The first-order valence-corrected chi connectivity index (χ1v) is 9.50. The maximum absolute atomic E-state index is 13.6. The Kier molecular flexibility index (Phi) is 4.25. The number of rotatable bonds is 3. The van der Waals surface area contributed by atoms with E-state index < -0.39 is 10.0 Å². The number of hydrogen-bond acceptors (Lipinski definition) is 4. The average molecular weight is 337 g/mol. The Hall–Kier alpha value is -1.73. The highest BCUT2D eigenvalue weighted by Crippen LogP contribution is 2.29. The average Bonchev–Trinajstić information content (AvgIpc) is 2.45. The Morgan fingerprint density at radius 1 is 1.35 bits per heavy atom. The Morgan fingerprint density at radius 3 is 2.87 bits per heavy atom. The summed E-state index contributed by atoms with van der Waals surface area (Å²) in [4.78, 5) is 6.56. The minimum absolute atomic E-state index is 0.129. The van der Waals surface area contributed by atoms with Crippen LogP contribution in [0.2, 0.25) is 0 Å². The summed E-state index contributed by atoms with van der Waals surface area (Å²) in [6.07, 6.45) is 2.86. The van der Waals surface area contributed by atoms with Gasteiger partial charge in [-0.05, 0) is 44.0 Å². The molecular weight excluding hydrogens is 317 g/mol. The fraction of sp³-hybridized carbons (Fsp3) is 0.438. The van der Waals surface area contributed by atoms with Crippen LogP contribution in [0.5, 0.6) is 0 Å². The van der Waals surface area contributed by atoms with Crippen molar-refractivity contribution in [2.45, 2.75) is 25.8 Å². The molecular formula is C16H20FN3O2S. The molecule has 1 atom stereocenters. The van der Waals surface area contributed by atoms with Gasteiger partial charge in [-0.25, -0.2) is 17.5 Å². The van der Waals surface area contributed by atoms with Crippen LogP contribution in [0, 0.1) is 12.7 Å². The summed E-state index contributed by atoms with van der Waals surface area (Å²) >= 11 is 0. The van der Waals surface area contributed by atoms with E-state index in [1.54, 1.807) is 6.07 Å². The number of aromatic nitrogens is 1. The SMILES string of the molecule is Cc1cc(N2CCCC(NS(C)(=O)=O)C2)c2cc(F)ccc2n1. The lowest BCUT2D eigenvalue weighted by molar-refractivity contribution is 0.468. The molecule has 1 aliphatic heterocycles. The predicted molar refractivity (Wildman–Crippen MR) is 89.7 cm³/mol. The lowest BCUT2D eigenvalue weighted by Gasteiger charge is -2.35. The summed E-state index contributed by atoms with van der Waals surface area (Å²) in [7, 11) is -3.24. The van der Waals surface area contributed by atoms with Gasteiger partial charge in [-0.15, -0.1) is 0 Å². The molecule has 1 aromatic carbocycles. The highest BCUT2D eigenvalue weighted by atomic mass is 32.2. The number of benzene rings is 1. The van der Waals surface area contributed by atoms with Gasteiger partial charge in [0.15, 0.2) is 0 Å². The van der Waals surface area contributed by atoms with Gasteiger partial charge in [0.1, 0.15) is 5.82 Å². The molecule has 7 heteroatoms. The molecule has 0 bridgehead atoms. The molecule has 0 aliphatic carbocycles. The van der Waals surface area contributed by atoms with E-state index in [0.717, 1.165) is 41.7 Å². The zero-order valence-electron chi connectivity index (χ0n) is 13.2. The molecule has 5 nitrogen and oxygen atoms in total. The third-order valence-corrected chi connectivity index (χ3v) is 4.78. The van der Waals surface area contributed by atoms with Crippen LogP contribution >= 0.6 is 0 Å². The zero-order valence-corrected chi connectivity index (χ0v) is 14.0. The van der Waals surface area contributed by atoms with Gasteiger partial charge in [0.05, 0.1) is 11.8 Å². The quantitative estimate of drug-likeness (QED) is 0.933. The van der Waals surface area contributed by atoms with Crippen molar-refractivity contribution in [3.05, 3.63) is 35.8 Å². The summed E-state index contributed by atoms with van der Waals surface area (Å²) in [5.74, 6) is -0.299. The fourth-order valence-electron chi connectivity index (χ4n) is 3.17. The number of sulfonamides is 1. The minimum Gasteiger partial charge on any atom is -0.369 e. The zero-order chi connectivity index (χ0) is 16.6. The molecule has 0 spiro atoms. The fourth-order valence-corrected chi connectivity index (χ4v) is 3.96. The van der Waals surface area contributed by atoms with Crippen molar-refractivity contribution in [1.82, 2.24) is 9.71 Å². The van der Waals surface area contributed by atoms with Gasteiger partial charge in [-0.2, -0.15) is 0 Å². The van der Waals surface area contributed by atoms with Gasteiger partial charge in [0.2, 0.25) is 10.0 Å². The Labute approximate surface area is 135 Å². The van der Waals surface area contributed by atoms with Gasteiger partial charge < -0.3 is 4.90 Å². The summed E-state index contributed by atoms with van der Waals surface area (Å²) < 4.78 is 39.2. The first-order chi connectivity index (χ1) is 10.8. The van der Waals surface area contributed by atoms with Gasteiger partial charge in [0.25, 0.3) is 0 Å². The topological polar surface area (TPSA) is 62.3 Å². The van der Waals surface area contributed by atoms with Crippen molar-refractivity contribution in [1.29, 1.82) is 0 Å². The lowest BCUT2D eigenvalue weighted by Crippen LogP contribution is -2.47. The highest BCUT2D eigenvalue weighted by molar-refractivity contribution is 7.88. The van der Waals surface area contributed by atoms with Gasteiger partial charge in [-0.3, -0.25) is 4.98 Å². The van der Waals surface area contributed by atoms with E-state index in [9.17, 15) is 12.8 Å². The third kappa shape index (κ3) is 3.79. The second-order valence-electron chi connectivity index (χ2n) is 6.12. The van der Waals surface area contributed by atoms with Gasteiger partial charge in [-0.1, -0.05) is 0 Å². The van der Waals surface area contributed by atoms with Crippen molar-refractivity contribution in [2.24, 2.45) is 0 Å². The molecule has 23 heavy (non-hydrogen) atoms. The van der Waals surface area contributed by atoms with E-state index >= 15 is 0 Å². The molecule has 0 amide bonds. The molecule has 1 saturated heterocycles. The van der Waals surface area contributed by atoms with Crippen LogP contribution in [0.3, 0.4) is 0 Å². The molecule has 0 radical (unpaired) electrons. The monoisotopic (exact) mass is 337 g/mol. The number of pyridine rings is 1. The van der Waals surface area contributed by atoms with E-state index in [4.69, 9.17) is 0 Å². The first kappa shape index (κ1) is 16.1. The largest absolute Gasteiger partial charge is 0.369 e. The Morgan fingerprint density at radius 2 is 2.13 bits per heavy atom. The molecule has 1 aliphatic rings. The smallest absolute Gasteiger partial charge is 0.209 e. The van der Waals surface area contributed by atoms with Gasteiger partial charge >= 0.3 is 0 Å². The molecule has 1 aromatic heterocycles. The van der Waals surface area contributed by atoms with E-state index in [1.165, 1.54) is 18.4 Å². The standard InChI is InChI=1S/C16H20FN3O2S/c1-11-8-16(14-9-12(17)5-6-15(14)18-11)20-7-3-4-13(10-20)19-23(2,21)22/h5-6,8-9,13,19H,3-4,7,10H2,1-2H3. The van der Waals surface area contributed by atoms with Crippen LogP contribution < -0.4 is 9.62 Å². The maximum Gasteiger partial charge on any atom is 0.209 e. The second-order valence-corrected chi connectivity index (χ2v) is 7.90. The number of hydrogen-bond donors (Lipinski definition) is 1. The molecule has 2 aromatic rings. The summed E-state index contributed by atoms with van der Waals surface area (Å²) in [6, 6.07) is 6.38. The van der Waals surface area contributed by atoms with Crippen molar-refractivity contribution in [2.75, 3.05) is 24.2 Å². The maximum atomic E-state index is 13.6. The number of anilines is 1. The van der Waals surface area contributed by atoms with Crippen LogP contribution in [0.15, 0.2) is 24.3 Å². The minimum atomic E-state index is -3.24. The van der Waals surface area contributed by atoms with E-state index in [0.29, 0.717) is 6.54 Å². The first-order valence-electron chi connectivity index (χ1n) is 7.61. The van der Waals surface area contributed by atoms with E-state index in [1.807, 2.05) is 13.0 Å². The number of piperidine rings is 1. The number of nitrogens with zero attached hydrogens (tertiary/aromatic N) is 2. The van der Waals surface area contributed by atoms with E-state index in [-0.39, 0.29) is 11.9 Å². The molecule has 2 heterocycles. The predicted octanol–water partition coefficient (Wildman–Crippen LogP) is 2.20. The van der Waals surface area contributed by atoms with Crippen LogP contribution in [0.25, 0.3) is 10.9 Å². The van der Waals surface area contributed by atoms with Crippen molar-refractivity contribution >= 4 is 26.6 Å². The second kappa shape index (κ2) is 6.05. The summed E-state index contributed by atoms with van der Waals surface area (Å²) in [5.41, 5.74) is 2.52. The molecule has 1 N–H and O–H groups in total. The molecule has 3 rings (SSSR count). The molecule has 1 fully saturated rings. The summed E-state index contributed by atoms with van der Waals surface area (Å²) in [6.45, 7) is 3.29. The highest BCUT2D eigenvalue weighted by Gasteiger charge is 2.24. The third-order valence-electron chi connectivity index (χ3n) is 4.02. The van der Waals surface area contributed by atoms with Crippen LogP contribution in [-0.4, -0.2) is 38.8 Å². The molecule has 0 saturated carbocycles. The number of aryl methyl sites for hydroxylation is 1. The van der Waals surface area contributed by atoms with Crippen LogP contribution in [0.4, 0.5) is 10.1 Å². The van der Waals surface area contributed by atoms with Gasteiger partial charge in [0, 0.05) is 35.9 Å². The number of nitrogens with one attached hydrogen (secondary N) is 1. The lowest BCUT2D eigenvalue weighted by atomic mass is 10.0. The molecule has 124 valence electrons. The summed E-state index contributed by atoms with van der Waals surface area (Å²) in [5, 5.41) is 0.760. The van der Waals surface area contributed by atoms with Crippen LogP contribution in [-0.2, 0) is 10.0 Å². The van der Waals surface area contributed by atoms with Crippen LogP contribution in [0.1, 0.15) is 18.5 Å². The Balaban J connectivity index is 1.97. The normalized spacial score (nSPS) is 19.3. The Bertz CT molecular complexity index is 839. The van der Waals surface area contributed by atoms with E-state index in [2.05, 4.69) is 14.6 Å². The van der Waals surface area contributed by atoms with Crippen molar-refractivity contribution < 1.29 is 12.8 Å². The van der Waals surface area contributed by atoms with Crippen molar-refractivity contribution in [3.63, 3.8) is 0 Å². The molecule has 1 unspecified atom stereocenters. The number of halogens is 1.